The first-order chi connectivity index (χ1) is 13.3. The molecule has 0 spiro atoms. The van der Waals surface area contributed by atoms with E-state index in [9.17, 15) is 8.42 Å². The molecule has 1 aliphatic heterocycles. The van der Waals surface area contributed by atoms with E-state index in [1.807, 2.05) is 39.2 Å². The van der Waals surface area contributed by atoms with Crippen molar-refractivity contribution in [3.63, 3.8) is 0 Å². The molecule has 0 amide bonds. The average Bonchev–Trinajstić information content (AvgIpc) is 2.99. The number of hydrogen-bond donors (Lipinski definition) is 2. The average molecular weight is 540 g/mol. The van der Waals surface area contributed by atoms with E-state index in [0.29, 0.717) is 37.0 Å². The minimum Gasteiger partial charge on any atom is -0.493 e. The number of methoxy groups -OCH3 is 2. The molecule has 2 N–H and O–H groups in total. The lowest BCUT2D eigenvalue weighted by atomic mass is 10.1. The van der Waals surface area contributed by atoms with Crippen molar-refractivity contribution in [1.82, 2.24) is 15.5 Å². The van der Waals surface area contributed by atoms with Gasteiger partial charge in [0.1, 0.15) is 0 Å². The van der Waals surface area contributed by atoms with Crippen molar-refractivity contribution in [2.24, 2.45) is 4.99 Å². The predicted molar refractivity (Wildman–Crippen MR) is 128 cm³/mol. The number of likely N-dealkylation sites (N-methyl/N-ethyl adjacent to an activating group) is 1. The second-order valence-corrected chi connectivity index (χ2v) is 9.29. The molecule has 0 aromatic heterocycles. The maximum absolute atomic E-state index is 11.7. The number of hydrogen-bond acceptors (Lipinski definition) is 6. The van der Waals surface area contributed by atoms with Crippen molar-refractivity contribution in [1.29, 1.82) is 0 Å². The van der Waals surface area contributed by atoms with Gasteiger partial charge in [-0.2, -0.15) is 0 Å². The van der Waals surface area contributed by atoms with Crippen LogP contribution in [0.25, 0.3) is 0 Å². The Morgan fingerprint density at radius 1 is 1.28 bits per heavy atom. The summed E-state index contributed by atoms with van der Waals surface area (Å²) in [5.41, 5.74) is 1.06. The molecule has 29 heavy (non-hydrogen) atoms. The summed E-state index contributed by atoms with van der Waals surface area (Å²) in [5.74, 6) is 2.39. The van der Waals surface area contributed by atoms with Gasteiger partial charge in [0.25, 0.3) is 0 Å². The Bertz CT molecular complexity index is 786. The van der Waals surface area contributed by atoms with Gasteiger partial charge in [-0.05, 0) is 45.1 Å². The van der Waals surface area contributed by atoms with Crippen molar-refractivity contribution in [3.8, 4) is 11.5 Å². The van der Waals surface area contributed by atoms with E-state index in [-0.39, 0.29) is 47.6 Å². The van der Waals surface area contributed by atoms with Crippen LogP contribution in [-0.4, -0.2) is 78.2 Å². The monoisotopic (exact) mass is 540 g/mol. The zero-order valence-electron chi connectivity index (χ0n) is 17.8. The summed E-state index contributed by atoms with van der Waals surface area (Å²) in [6, 6.07) is 5.79. The molecule has 1 aromatic rings. The van der Waals surface area contributed by atoms with Crippen molar-refractivity contribution in [3.05, 3.63) is 23.8 Å². The number of benzene rings is 1. The van der Waals surface area contributed by atoms with Crippen molar-refractivity contribution < 1.29 is 17.9 Å². The number of ether oxygens (including phenoxy) is 2. The summed E-state index contributed by atoms with van der Waals surface area (Å²) in [6.07, 6.45) is 0.611. The number of halogens is 1. The molecule has 8 nitrogen and oxygen atoms in total. The fourth-order valence-electron chi connectivity index (χ4n) is 3.23. The van der Waals surface area contributed by atoms with E-state index < -0.39 is 9.84 Å². The standard InChI is InChI=1S/C19H32N4O4S.HI/c1-6-20-19(22-15-9-10-28(24,25)13-15)21-12-16(23(2)3)14-7-8-17(26-4)18(11-14)27-5;/h7-8,11,15-16H,6,9-10,12-13H2,1-5H3,(H2,20,21,22);1H. The van der Waals surface area contributed by atoms with Crippen LogP contribution in [0, 0.1) is 0 Å². The number of guanidine groups is 1. The SMILES string of the molecule is CCNC(=NCC(c1ccc(OC)c(OC)c1)N(C)C)NC1CCS(=O)(=O)C1.I. The second kappa shape index (κ2) is 11.8. The van der Waals surface area contributed by atoms with Gasteiger partial charge in [0.15, 0.2) is 27.3 Å². The Hall–Kier alpha value is -1.27. The van der Waals surface area contributed by atoms with Crippen LogP contribution in [0.3, 0.4) is 0 Å². The van der Waals surface area contributed by atoms with Gasteiger partial charge in [-0.1, -0.05) is 6.07 Å². The topological polar surface area (TPSA) is 92.3 Å². The Balaban J connectivity index is 0.00000420. The number of nitrogens with one attached hydrogen (secondary N) is 2. The van der Waals surface area contributed by atoms with Gasteiger partial charge in [0.2, 0.25) is 0 Å². The molecule has 2 atom stereocenters. The maximum atomic E-state index is 11.7. The molecule has 1 fully saturated rings. The summed E-state index contributed by atoms with van der Waals surface area (Å²) in [5, 5.41) is 6.46. The second-order valence-electron chi connectivity index (χ2n) is 7.06. The summed E-state index contributed by atoms with van der Waals surface area (Å²) in [7, 11) is 4.30. The Morgan fingerprint density at radius 3 is 2.48 bits per heavy atom. The molecule has 0 saturated carbocycles. The number of nitrogens with zero attached hydrogens (tertiary/aromatic N) is 2. The van der Waals surface area contributed by atoms with E-state index >= 15 is 0 Å². The molecular weight excluding hydrogens is 507 g/mol. The minimum atomic E-state index is -2.94. The van der Waals surface area contributed by atoms with Gasteiger partial charge in [0, 0.05) is 12.6 Å². The quantitative estimate of drug-likeness (QED) is 0.295. The lowest BCUT2D eigenvalue weighted by Gasteiger charge is -2.25. The highest BCUT2D eigenvalue weighted by atomic mass is 127. The molecule has 1 heterocycles. The highest BCUT2D eigenvalue weighted by molar-refractivity contribution is 14.0. The van der Waals surface area contributed by atoms with Gasteiger partial charge in [-0.15, -0.1) is 24.0 Å². The van der Waals surface area contributed by atoms with Gasteiger partial charge in [0.05, 0.1) is 38.3 Å². The van der Waals surface area contributed by atoms with Crippen LogP contribution in [0.15, 0.2) is 23.2 Å². The minimum absolute atomic E-state index is 0. The van der Waals surface area contributed by atoms with Crippen LogP contribution in [0.4, 0.5) is 0 Å². The molecule has 2 unspecified atom stereocenters. The smallest absolute Gasteiger partial charge is 0.191 e. The highest BCUT2D eigenvalue weighted by Crippen LogP contribution is 2.31. The molecule has 1 saturated heterocycles. The summed E-state index contributed by atoms with van der Waals surface area (Å²) in [6.45, 7) is 3.20. The molecule has 10 heteroatoms. The molecule has 166 valence electrons. The largest absolute Gasteiger partial charge is 0.493 e. The first kappa shape index (κ1) is 25.8. The third kappa shape index (κ3) is 7.49. The molecule has 1 aliphatic rings. The van der Waals surface area contributed by atoms with Gasteiger partial charge in [-0.25, -0.2) is 8.42 Å². The zero-order chi connectivity index (χ0) is 20.7. The normalized spacial score (nSPS) is 19.4. The molecule has 0 radical (unpaired) electrons. The van der Waals surface area contributed by atoms with E-state index in [4.69, 9.17) is 14.5 Å². The summed E-state index contributed by atoms with van der Waals surface area (Å²) in [4.78, 5) is 6.80. The van der Waals surface area contributed by atoms with Crippen LogP contribution in [-0.2, 0) is 9.84 Å². The first-order valence-electron chi connectivity index (χ1n) is 9.43. The Kier molecular flexibility index (Phi) is 10.5. The van der Waals surface area contributed by atoms with Gasteiger partial charge >= 0.3 is 0 Å². The molecule has 0 bridgehead atoms. The third-order valence-corrected chi connectivity index (χ3v) is 6.52. The number of rotatable bonds is 8. The van der Waals surface area contributed by atoms with E-state index in [0.717, 1.165) is 5.56 Å². The van der Waals surface area contributed by atoms with Gasteiger partial charge < -0.3 is 25.0 Å². The lowest BCUT2D eigenvalue weighted by Crippen LogP contribution is -2.44. The van der Waals surface area contributed by atoms with E-state index in [1.54, 1.807) is 14.2 Å². The maximum Gasteiger partial charge on any atom is 0.191 e. The molecular formula is C19H33IN4O4S. The summed E-state index contributed by atoms with van der Waals surface area (Å²) < 4.78 is 34.1. The van der Waals surface area contributed by atoms with E-state index in [2.05, 4.69) is 15.5 Å². The van der Waals surface area contributed by atoms with Crippen molar-refractivity contribution in [2.45, 2.75) is 25.4 Å². The van der Waals surface area contributed by atoms with Crippen LogP contribution < -0.4 is 20.1 Å². The highest BCUT2D eigenvalue weighted by Gasteiger charge is 2.28. The van der Waals surface area contributed by atoms with Crippen LogP contribution in [0.2, 0.25) is 0 Å². The summed E-state index contributed by atoms with van der Waals surface area (Å²) >= 11 is 0. The molecule has 2 rings (SSSR count). The van der Waals surface area contributed by atoms with E-state index in [1.165, 1.54) is 0 Å². The van der Waals surface area contributed by atoms with Crippen molar-refractivity contribution in [2.75, 3.05) is 52.9 Å². The zero-order valence-corrected chi connectivity index (χ0v) is 20.9. The van der Waals surface area contributed by atoms with Gasteiger partial charge in [-0.3, -0.25) is 4.99 Å². The fraction of sp³-hybridized carbons (Fsp3) is 0.632. The Morgan fingerprint density at radius 2 is 1.97 bits per heavy atom. The number of sulfone groups is 1. The number of aliphatic imine (C=N–C) groups is 1. The van der Waals surface area contributed by atoms with Crippen LogP contribution in [0.5, 0.6) is 11.5 Å². The first-order valence-corrected chi connectivity index (χ1v) is 11.3. The van der Waals surface area contributed by atoms with Crippen molar-refractivity contribution >= 4 is 39.8 Å². The molecule has 1 aromatic carbocycles. The van der Waals surface area contributed by atoms with Crippen LogP contribution >= 0.6 is 24.0 Å². The lowest BCUT2D eigenvalue weighted by molar-refractivity contribution is 0.303. The third-order valence-electron chi connectivity index (χ3n) is 4.76. The fourth-order valence-corrected chi connectivity index (χ4v) is 4.90. The predicted octanol–water partition coefficient (Wildman–Crippen LogP) is 1.67. The Labute approximate surface area is 191 Å². The van der Waals surface area contributed by atoms with Crippen LogP contribution in [0.1, 0.15) is 24.9 Å². The molecule has 0 aliphatic carbocycles.